The van der Waals surface area contributed by atoms with E-state index in [0.717, 1.165) is 49.6 Å². The first kappa shape index (κ1) is 22.3. The van der Waals surface area contributed by atoms with Crippen LogP contribution in [0.4, 0.5) is 0 Å². The fraction of sp³-hybridized carbons (Fsp3) is 0.500. The molecule has 2 aliphatic heterocycles. The Morgan fingerprint density at radius 3 is 2.26 bits per heavy atom. The fourth-order valence-corrected chi connectivity index (χ4v) is 5.05. The van der Waals surface area contributed by atoms with Crippen LogP contribution in [0, 0.1) is 5.92 Å². The van der Waals surface area contributed by atoms with Gasteiger partial charge in [-0.05, 0) is 68.1 Å². The van der Waals surface area contributed by atoms with Crippen molar-refractivity contribution in [1.82, 2.24) is 15.1 Å². The number of amides is 1. The van der Waals surface area contributed by atoms with Gasteiger partial charge in [0.1, 0.15) is 0 Å². The minimum atomic E-state index is 0.0468. The molecule has 0 bridgehead atoms. The molecule has 2 aromatic rings. The lowest BCUT2D eigenvalue weighted by molar-refractivity contribution is -0.126. The van der Waals surface area contributed by atoms with Gasteiger partial charge in [0.2, 0.25) is 5.91 Å². The monoisotopic (exact) mass is 439 g/mol. The van der Waals surface area contributed by atoms with Crippen molar-refractivity contribution >= 4 is 17.5 Å². The largest absolute Gasteiger partial charge is 0.352 e. The third-order valence-electron chi connectivity index (χ3n) is 6.64. The van der Waals surface area contributed by atoms with Crippen LogP contribution in [0.15, 0.2) is 48.5 Å². The number of nitrogens with zero attached hydrogens (tertiary/aromatic N) is 2. The van der Waals surface area contributed by atoms with E-state index >= 15 is 0 Å². The third kappa shape index (κ3) is 6.31. The Labute approximate surface area is 191 Å². The van der Waals surface area contributed by atoms with Gasteiger partial charge in [-0.2, -0.15) is 0 Å². The molecule has 2 fully saturated rings. The van der Waals surface area contributed by atoms with E-state index in [1.807, 2.05) is 18.2 Å². The molecule has 0 unspecified atom stereocenters. The summed E-state index contributed by atoms with van der Waals surface area (Å²) < 4.78 is 0. The molecule has 0 spiro atoms. The number of hydrogen-bond donors (Lipinski definition) is 1. The highest BCUT2D eigenvalue weighted by Gasteiger charge is 2.26. The highest BCUT2D eigenvalue weighted by Crippen LogP contribution is 2.23. The molecule has 1 atom stereocenters. The van der Waals surface area contributed by atoms with E-state index in [-0.39, 0.29) is 11.8 Å². The molecule has 2 aliphatic rings. The molecule has 0 radical (unpaired) electrons. The molecular weight excluding hydrogens is 406 g/mol. The Kier molecular flexibility index (Phi) is 8.01. The zero-order valence-electron chi connectivity index (χ0n) is 18.4. The van der Waals surface area contributed by atoms with Gasteiger partial charge in [-0.1, -0.05) is 60.5 Å². The first-order valence-corrected chi connectivity index (χ1v) is 12.1. The van der Waals surface area contributed by atoms with Crippen LogP contribution in [0.25, 0.3) is 0 Å². The molecule has 0 aliphatic carbocycles. The number of likely N-dealkylation sites (tertiary alicyclic amines) is 2. The highest BCUT2D eigenvalue weighted by atomic mass is 35.5. The first-order chi connectivity index (χ1) is 15.2. The van der Waals surface area contributed by atoms with Crippen LogP contribution >= 0.6 is 11.6 Å². The standard InChI is InChI=1S/C26H34ClN3O/c27-25-13-5-4-11-23(25)19-30-16-8-12-24(20-30)26(31)28-17-21-9-2-3-10-22(21)18-29-14-6-1-7-15-29/h2-5,9-11,13,24H,1,6-8,12,14-20H2,(H,28,31)/t24-/m0/s1. The SMILES string of the molecule is O=C(NCc1ccccc1CN1CCCCC1)[C@H]1CCCN(Cc2ccccc2Cl)C1. The fourth-order valence-electron chi connectivity index (χ4n) is 4.85. The molecular formula is C26H34ClN3O. The lowest BCUT2D eigenvalue weighted by Crippen LogP contribution is -2.42. The second-order valence-electron chi connectivity index (χ2n) is 8.99. The Hall–Kier alpha value is -1.88. The van der Waals surface area contributed by atoms with Crippen LogP contribution in [0.1, 0.15) is 48.8 Å². The van der Waals surface area contributed by atoms with Crippen LogP contribution in [0.5, 0.6) is 0 Å². The molecule has 0 aromatic heterocycles. The average molecular weight is 440 g/mol. The van der Waals surface area contributed by atoms with Gasteiger partial charge < -0.3 is 5.32 Å². The van der Waals surface area contributed by atoms with Gasteiger partial charge in [-0.25, -0.2) is 0 Å². The molecule has 5 heteroatoms. The Bertz CT molecular complexity index is 865. The van der Waals surface area contributed by atoms with E-state index in [9.17, 15) is 4.79 Å². The minimum absolute atomic E-state index is 0.0468. The predicted molar refractivity (Wildman–Crippen MR) is 127 cm³/mol. The maximum Gasteiger partial charge on any atom is 0.224 e. The second-order valence-corrected chi connectivity index (χ2v) is 9.40. The molecule has 1 N–H and O–H groups in total. The van der Waals surface area contributed by atoms with E-state index in [0.29, 0.717) is 6.54 Å². The summed E-state index contributed by atoms with van der Waals surface area (Å²) in [7, 11) is 0. The predicted octanol–water partition coefficient (Wildman–Crippen LogP) is 4.85. The number of nitrogens with one attached hydrogen (secondary N) is 1. The quantitative estimate of drug-likeness (QED) is 0.669. The van der Waals surface area contributed by atoms with Crippen molar-refractivity contribution in [3.63, 3.8) is 0 Å². The van der Waals surface area contributed by atoms with Crippen molar-refractivity contribution in [2.45, 2.75) is 51.7 Å². The number of halogens is 1. The van der Waals surface area contributed by atoms with Crippen LogP contribution in [-0.2, 0) is 24.4 Å². The summed E-state index contributed by atoms with van der Waals surface area (Å²) in [5.74, 6) is 0.224. The number of piperidine rings is 2. The molecule has 2 aromatic carbocycles. The second kappa shape index (κ2) is 11.1. The van der Waals surface area contributed by atoms with Crippen molar-refractivity contribution in [2.75, 3.05) is 26.2 Å². The first-order valence-electron chi connectivity index (χ1n) is 11.7. The highest BCUT2D eigenvalue weighted by molar-refractivity contribution is 6.31. The zero-order chi connectivity index (χ0) is 21.5. The van der Waals surface area contributed by atoms with Gasteiger partial charge in [0.05, 0.1) is 5.92 Å². The summed E-state index contributed by atoms with van der Waals surface area (Å²) in [6, 6.07) is 16.5. The molecule has 4 rings (SSSR count). The Morgan fingerprint density at radius 2 is 1.48 bits per heavy atom. The maximum absolute atomic E-state index is 13.0. The van der Waals surface area contributed by atoms with Crippen molar-refractivity contribution in [3.8, 4) is 0 Å². The summed E-state index contributed by atoms with van der Waals surface area (Å²) in [4.78, 5) is 17.9. The lowest BCUT2D eigenvalue weighted by Gasteiger charge is -2.32. The molecule has 31 heavy (non-hydrogen) atoms. The molecule has 2 saturated heterocycles. The molecule has 166 valence electrons. The normalized spacial score (nSPS) is 20.5. The van der Waals surface area contributed by atoms with E-state index in [1.165, 1.54) is 43.5 Å². The van der Waals surface area contributed by atoms with E-state index in [4.69, 9.17) is 11.6 Å². The molecule has 2 heterocycles. The van der Waals surface area contributed by atoms with Gasteiger partial charge in [0.15, 0.2) is 0 Å². The van der Waals surface area contributed by atoms with Crippen molar-refractivity contribution < 1.29 is 4.79 Å². The minimum Gasteiger partial charge on any atom is -0.352 e. The number of hydrogen-bond acceptors (Lipinski definition) is 3. The maximum atomic E-state index is 13.0. The van der Waals surface area contributed by atoms with Crippen LogP contribution in [-0.4, -0.2) is 41.9 Å². The van der Waals surface area contributed by atoms with Crippen LogP contribution in [0.3, 0.4) is 0 Å². The van der Waals surface area contributed by atoms with Gasteiger partial charge in [-0.15, -0.1) is 0 Å². The topological polar surface area (TPSA) is 35.6 Å². The summed E-state index contributed by atoms with van der Waals surface area (Å²) in [5, 5.41) is 4.04. The Balaban J connectivity index is 1.31. The van der Waals surface area contributed by atoms with Crippen molar-refractivity contribution in [3.05, 3.63) is 70.2 Å². The van der Waals surface area contributed by atoms with E-state index in [2.05, 4.69) is 45.4 Å². The number of rotatable bonds is 7. The van der Waals surface area contributed by atoms with Crippen molar-refractivity contribution in [1.29, 1.82) is 0 Å². The van der Waals surface area contributed by atoms with Gasteiger partial charge in [-0.3, -0.25) is 14.6 Å². The van der Waals surface area contributed by atoms with Crippen molar-refractivity contribution in [2.24, 2.45) is 5.92 Å². The summed E-state index contributed by atoms with van der Waals surface area (Å²) in [6.45, 7) is 6.60. The smallest absolute Gasteiger partial charge is 0.224 e. The van der Waals surface area contributed by atoms with E-state index in [1.54, 1.807) is 0 Å². The average Bonchev–Trinajstić information content (AvgIpc) is 2.81. The number of carbonyl (C=O) groups is 1. The third-order valence-corrected chi connectivity index (χ3v) is 7.01. The van der Waals surface area contributed by atoms with Gasteiger partial charge in [0.25, 0.3) is 0 Å². The van der Waals surface area contributed by atoms with Crippen LogP contribution in [0.2, 0.25) is 5.02 Å². The lowest BCUT2D eigenvalue weighted by atomic mass is 9.96. The van der Waals surface area contributed by atoms with Crippen LogP contribution < -0.4 is 5.32 Å². The molecule has 1 amide bonds. The van der Waals surface area contributed by atoms with Gasteiger partial charge in [0, 0.05) is 31.2 Å². The van der Waals surface area contributed by atoms with E-state index < -0.39 is 0 Å². The summed E-state index contributed by atoms with van der Waals surface area (Å²) >= 11 is 6.34. The summed E-state index contributed by atoms with van der Waals surface area (Å²) in [6.07, 6.45) is 5.95. The number of carbonyl (C=O) groups excluding carboxylic acids is 1. The number of benzene rings is 2. The molecule has 4 nitrogen and oxygen atoms in total. The Morgan fingerprint density at radius 1 is 0.839 bits per heavy atom. The zero-order valence-corrected chi connectivity index (χ0v) is 19.1. The summed E-state index contributed by atoms with van der Waals surface area (Å²) in [5.41, 5.74) is 3.72. The van der Waals surface area contributed by atoms with Gasteiger partial charge >= 0.3 is 0 Å². The molecule has 0 saturated carbocycles.